The molecule has 0 saturated heterocycles. The zero-order chi connectivity index (χ0) is 13.9. The third-order valence-electron chi connectivity index (χ3n) is 2.95. The predicted molar refractivity (Wildman–Crippen MR) is 81.3 cm³/mol. The molecule has 0 atom stereocenters. The van der Waals surface area contributed by atoms with Gasteiger partial charge in [0.05, 0.1) is 10.7 Å². The summed E-state index contributed by atoms with van der Waals surface area (Å²) in [7, 11) is 0. The number of aryl methyl sites for hydroxylation is 1. The van der Waals surface area contributed by atoms with Gasteiger partial charge in [0.2, 0.25) is 0 Å². The number of H-pyrrole nitrogens is 1. The van der Waals surface area contributed by atoms with Crippen molar-refractivity contribution in [1.29, 1.82) is 0 Å². The first-order chi connectivity index (χ1) is 9.72. The molecular formula is C15H13ClN4. The number of hydrogen-bond acceptors (Lipinski definition) is 3. The summed E-state index contributed by atoms with van der Waals surface area (Å²) in [6, 6.07) is 13.7. The second-order valence-electron chi connectivity index (χ2n) is 4.49. The second kappa shape index (κ2) is 5.35. The maximum Gasteiger partial charge on any atom is 0.153 e. The molecule has 2 N–H and O–H groups in total. The van der Waals surface area contributed by atoms with Gasteiger partial charge < -0.3 is 5.32 Å². The zero-order valence-corrected chi connectivity index (χ0v) is 11.6. The van der Waals surface area contributed by atoms with E-state index in [1.54, 1.807) is 18.3 Å². The maximum absolute atomic E-state index is 6.05. The van der Waals surface area contributed by atoms with Crippen molar-refractivity contribution in [2.75, 3.05) is 5.32 Å². The molecule has 20 heavy (non-hydrogen) atoms. The lowest BCUT2D eigenvalue weighted by Crippen LogP contribution is -1.93. The number of rotatable bonds is 3. The Morgan fingerprint density at radius 2 is 1.95 bits per heavy atom. The second-order valence-corrected chi connectivity index (χ2v) is 4.90. The van der Waals surface area contributed by atoms with E-state index in [2.05, 4.69) is 51.7 Å². The van der Waals surface area contributed by atoms with E-state index in [1.807, 2.05) is 6.07 Å². The predicted octanol–water partition coefficient (Wildman–Crippen LogP) is 4.18. The minimum atomic E-state index is 0.562. The van der Waals surface area contributed by atoms with Crippen molar-refractivity contribution in [3.63, 3.8) is 0 Å². The highest BCUT2D eigenvalue weighted by Crippen LogP contribution is 2.24. The first-order valence-electron chi connectivity index (χ1n) is 6.22. The summed E-state index contributed by atoms with van der Waals surface area (Å²) in [5.41, 5.74) is 3.26. The third-order valence-corrected chi connectivity index (χ3v) is 3.25. The van der Waals surface area contributed by atoms with Gasteiger partial charge in [-0.15, -0.1) is 0 Å². The van der Waals surface area contributed by atoms with Crippen LogP contribution in [0.2, 0.25) is 5.02 Å². The third kappa shape index (κ3) is 2.65. The van der Waals surface area contributed by atoms with Gasteiger partial charge in [-0.25, -0.2) is 4.98 Å². The molecule has 0 radical (unpaired) electrons. The Morgan fingerprint density at radius 3 is 2.70 bits per heavy atom. The first-order valence-corrected chi connectivity index (χ1v) is 6.60. The molecule has 2 aromatic heterocycles. The summed E-state index contributed by atoms with van der Waals surface area (Å²) in [5, 5.41) is 10.9. The molecule has 1 aromatic carbocycles. The summed E-state index contributed by atoms with van der Waals surface area (Å²) in [5.74, 6) is 1.28. The quantitative estimate of drug-likeness (QED) is 0.759. The lowest BCUT2D eigenvalue weighted by atomic mass is 10.1. The van der Waals surface area contributed by atoms with Crippen molar-refractivity contribution in [3.05, 3.63) is 59.2 Å². The zero-order valence-electron chi connectivity index (χ0n) is 10.9. The Labute approximate surface area is 121 Å². The van der Waals surface area contributed by atoms with Gasteiger partial charge in [0.25, 0.3) is 0 Å². The summed E-state index contributed by atoms with van der Waals surface area (Å²) in [6.45, 7) is 2.06. The number of halogens is 1. The number of nitrogens with one attached hydrogen (secondary N) is 2. The standard InChI is InChI=1S/C15H13ClN4/c1-10-4-6-11(7-5-10)13-9-14(20-19-13)18-15-12(16)3-2-8-17-15/h2-9H,1H3,(H2,17,18,19,20). The molecule has 0 amide bonds. The molecule has 0 saturated carbocycles. The van der Waals surface area contributed by atoms with E-state index in [9.17, 15) is 0 Å². The molecule has 0 aliphatic carbocycles. The average molecular weight is 285 g/mol. The molecule has 0 aliphatic heterocycles. The van der Waals surface area contributed by atoms with Crippen molar-refractivity contribution in [1.82, 2.24) is 15.2 Å². The highest BCUT2D eigenvalue weighted by atomic mass is 35.5. The Hall–Kier alpha value is -2.33. The Kier molecular flexibility index (Phi) is 3.39. The fourth-order valence-corrected chi connectivity index (χ4v) is 2.03. The molecule has 100 valence electrons. The van der Waals surface area contributed by atoms with Crippen LogP contribution in [0.3, 0.4) is 0 Å². The smallest absolute Gasteiger partial charge is 0.153 e. The van der Waals surface area contributed by atoms with E-state index in [0.29, 0.717) is 16.7 Å². The monoisotopic (exact) mass is 284 g/mol. The minimum Gasteiger partial charge on any atom is -0.322 e. The minimum absolute atomic E-state index is 0.562. The average Bonchev–Trinajstić information content (AvgIpc) is 2.91. The van der Waals surface area contributed by atoms with E-state index in [0.717, 1.165) is 11.3 Å². The molecule has 3 rings (SSSR count). The van der Waals surface area contributed by atoms with Crippen LogP contribution in [0.5, 0.6) is 0 Å². The van der Waals surface area contributed by atoms with Gasteiger partial charge in [0, 0.05) is 12.3 Å². The van der Waals surface area contributed by atoms with Crippen LogP contribution in [0.1, 0.15) is 5.56 Å². The van der Waals surface area contributed by atoms with E-state index in [4.69, 9.17) is 11.6 Å². The van der Waals surface area contributed by atoms with Crippen LogP contribution < -0.4 is 5.32 Å². The van der Waals surface area contributed by atoms with Gasteiger partial charge in [-0.3, -0.25) is 5.10 Å². The number of pyridine rings is 1. The van der Waals surface area contributed by atoms with Crippen molar-refractivity contribution in [3.8, 4) is 11.3 Å². The number of hydrogen-bond donors (Lipinski definition) is 2. The molecule has 4 nitrogen and oxygen atoms in total. The number of aromatic nitrogens is 3. The van der Waals surface area contributed by atoms with Crippen molar-refractivity contribution < 1.29 is 0 Å². The number of aromatic amines is 1. The Morgan fingerprint density at radius 1 is 1.15 bits per heavy atom. The van der Waals surface area contributed by atoms with E-state index < -0.39 is 0 Å². The highest BCUT2D eigenvalue weighted by molar-refractivity contribution is 6.33. The lowest BCUT2D eigenvalue weighted by Gasteiger charge is -2.02. The fourth-order valence-electron chi connectivity index (χ4n) is 1.87. The molecule has 3 aromatic rings. The molecule has 5 heteroatoms. The molecule has 0 unspecified atom stereocenters. The van der Waals surface area contributed by atoms with Gasteiger partial charge in [0.1, 0.15) is 5.82 Å². The molecule has 2 heterocycles. The van der Waals surface area contributed by atoms with Crippen LogP contribution in [0.25, 0.3) is 11.3 Å². The van der Waals surface area contributed by atoms with Crippen molar-refractivity contribution >= 4 is 23.2 Å². The van der Waals surface area contributed by atoms with E-state index in [1.165, 1.54) is 5.56 Å². The number of nitrogens with zero attached hydrogens (tertiary/aromatic N) is 2. The maximum atomic E-state index is 6.05. The SMILES string of the molecule is Cc1ccc(-c2cc(Nc3ncccc3Cl)n[nH]2)cc1. The lowest BCUT2D eigenvalue weighted by molar-refractivity contribution is 1.09. The summed E-state index contributed by atoms with van der Waals surface area (Å²) >= 11 is 6.05. The molecular weight excluding hydrogens is 272 g/mol. The van der Waals surface area contributed by atoms with Crippen LogP contribution in [-0.2, 0) is 0 Å². The van der Waals surface area contributed by atoms with Gasteiger partial charge in [-0.1, -0.05) is 41.4 Å². The molecule has 0 aliphatic rings. The van der Waals surface area contributed by atoms with E-state index in [-0.39, 0.29) is 0 Å². The first kappa shape index (κ1) is 12.7. The summed E-state index contributed by atoms with van der Waals surface area (Å²) < 4.78 is 0. The molecule has 0 spiro atoms. The highest BCUT2D eigenvalue weighted by Gasteiger charge is 2.06. The van der Waals surface area contributed by atoms with Crippen LogP contribution in [-0.4, -0.2) is 15.2 Å². The van der Waals surface area contributed by atoms with Gasteiger partial charge in [-0.2, -0.15) is 5.10 Å². The van der Waals surface area contributed by atoms with Gasteiger partial charge >= 0.3 is 0 Å². The van der Waals surface area contributed by atoms with Crippen molar-refractivity contribution in [2.24, 2.45) is 0 Å². The van der Waals surface area contributed by atoms with Crippen LogP contribution in [0.15, 0.2) is 48.7 Å². The van der Waals surface area contributed by atoms with Crippen molar-refractivity contribution in [2.45, 2.75) is 6.92 Å². The number of benzene rings is 1. The Bertz CT molecular complexity index is 719. The van der Waals surface area contributed by atoms with Gasteiger partial charge in [0.15, 0.2) is 5.82 Å². The largest absolute Gasteiger partial charge is 0.322 e. The van der Waals surface area contributed by atoms with Gasteiger partial charge in [-0.05, 0) is 24.6 Å². The molecule has 0 bridgehead atoms. The van der Waals surface area contributed by atoms with Crippen LogP contribution in [0.4, 0.5) is 11.6 Å². The van der Waals surface area contributed by atoms with Crippen LogP contribution in [0, 0.1) is 6.92 Å². The molecule has 0 fully saturated rings. The van der Waals surface area contributed by atoms with E-state index >= 15 is 0 Å². The summed E-state index contributed by atoms with van der Waals surface area (Å²) in [4.78, 5) is 4.17. The summed E-state index contributed by atoms with van der Waals surface area (Å²) in [6.07, 6.45) is 1.68. The number of anilines is 2. The fraction of sp³-hybridized carbons (Fsp3) is 0.0667. The van der Waals surface area contributed by atoms with Crippen LogP contribution >= 0.6 is 11.6 Å². The normalized spacial score (nSPS) is 10.5. The topological polar surface area (TPSA) is 53.6 Å². The Balaban J connectivity index is 1.84.